The molecular weight excluding hydrogens is 377 g/mol. The number of imidazole rings is 1. The summed E-state index contributed by atoms with van der Waals surface area (Å²) in [6, 6.07) is 15.1. The highest BCUT2D eigenvalue weighted by Crippen LogP contribution is 2.26. The van der Waals surface area contributed by atoms with Gasteiger partial charge >= 0.3 is 0 Å². The van der Waals surface area contributed by atoms with Crippen LogP contribution in [-0.2, 0) is 6.54 Å². The third kappa shape index (κ3) is 3.63. The van der Waals surface area contributed by atoms with Gasteiger partial charge in [-0.15, -0.1) is 0 Å². The van der Waals surface area contributed by atoms with Crippen LogP contribution in [0.1, 0.15) is 55.6 Å². The molecular formula is C24H28FN5. The summed E-state index contributed by atoms with van der Waals surface area (Å²) in [5.41, 5.74) is 6.21. The molecule has 1 atom stereocenters. The van der Waals surface area contributed by atoms with Gasteiger partial charge < -0.3 is 9.88 Å². The van der Waals surface area contributed by atoms with E-state index in [-0.39, 0.29) is 11.9 Å². The molecule has 2 aromatic carbocycles. The Bertz CT molecular complexity index is 1170. The Morgan fingerprint density at radius 2 is 1.70 bits per heavy atom. The van der Waals surface area contributed by atoms with Crippen LogP contribution in [0.4, 0.5) is 4.39 Å². The van der Waals surface area contributed by atoms with Gasteiger partial charge in [-0.3, -0.25) is 0 Å². The third-order valence-electron chi connectivity index (χ3n) is 5.62. The van der Waals surface area contributed by atoms with Crippen LogP contribution in [0.5, 0.6) is 0 Å². The molecule has 0 radical (unpaired) electrons. The Kier molecular flexibility index (Phi) is 5.43. The van der Waals surface area contributed by atoms with Crippen molar-refractivity contribution in [3.8, 4) is 5.69 Å². The minimum atomic E-state index is -0.246. The molecule has 2 heterocycles. The average molecular weight is 406 g/mol. The van der Waals surface area contributed by atoms with E-state index in [0.717, 1.165) is 39.5 Å². The van der Waals surface area contributed by atoms with Crippen LogP contribution in [0.2, 0.25) is 0 Å². The van der Waals surface area contributed by atoms with Crippen molar-refractivity contribution in [3.05, 3.63) is 77.1 Å². The molecule has 2 aromatic heterocycles. The molecule has 5 nitrogen and oxygen atoms in total. The smallest absolute Gasteiger partial charge is 0.127 e. The molecule has 0 aliphatic rings. The van der Waals surface area contributed by atoms with Crippen LogP contribution >= 0.6 is 0 Å². The molecule has 0 amide bonds. The lowest BCUT2D eigenvalue weighted by atomic mass is 10.1. The van der Waals surface area contributed by atoms with E-state index >= 15 is 0 Å². The largest absolute Gasteiger partial charge is 0.324 e. The molecule has 0 unspecified atom stereocenters. The topological polar surface area (TPSA) is 47.7 Å². The lowest BCUT2D eigenvalue weighted by molar-refractivity contribution is 0.490. The normalized spacial score (nSPS) is 12.8. The fourth-order valence-electron chi connectivity index (χ4n) is 4.02. The Morgan fingerprint density at radius 1 is 1.00 bits per heavy atom. The Hall–Kier alpha value is -2.99. The van der Waals surface area contributed by atoms with Crippen LogP contribution in [0.25, 0.3) is 16.7 Å². The van der Waals surface area contributed by atoms with E-state index < -0.39 is 0 Å². The van der Waals surface area contributed by atoms with Crippen molar-refractivity contribution in [1.29, 1.82) is 0 Å². The fourth-order valence-corrected chi connectivity index (χ4v) is 4.02. The maximum absolute atomic E-state index is 13.3. The molecule has 0 aliphatic heterocycles. The number of rotatable bonds is 6. The van der Waals surface area contributed by atoms with E-state index in [4.69, 9.17) is 4.98 Å². The second kappa shape index (κ2) is 8.03. The quantitative estimate of drug-likeness (QED) is 0.467. The van der Waals surface area contributed by atoms with E-state index in [2.05, 4.69) is 54.0 Å². The Labute approximate surface area is 176 Å². The van der Waals surface area contributed by atoms with Gasteiger partial charge in [-0.25, -0.2) is 14.1 Å². The minimum absolute atomic E-state index is 0.0766. The number of nitrogens with one attached hydrogen (secondary N) is 1. The number of aromatic nitrogens is 4. The number of hydrogen-bond donors (Lipinski definition) is 1. The van der Waals surface area contributed by atoms with E-state index in [1.54, 1.807) is 12.1 Å². The van der Waals surface area contributed by atoms with Crippen molar-refractivity contribution in [2.45, 2.75) is 53.2 Å². The number of halogens is 1. The average Bonchev–Trinajstić information content (AvgIpc) is 3.25. The first kappa shape index (κ1) is 20.3. The number of aryl methyl sites for hydroxylation is 1. The van der Waals surface area contributed by atoms with Crippen LogP contribution < -0.4 is 5.32 Å². The molecule has 1 N–H and O–H groups in total. The number of benzene rings is 2. The van der Waals surface area contributed by atoms with Gasteiger partial charge in [0.15, 0.2) is 0 Å². The molecule has 156 valence electrons. The van der Waals surface area contributed by atoms with Crippen molar-refractivity contribution in [2.75, 3.05) is 0 Å². The summed E-state index contributed by atoms with van der Waals surface area (Å²) in [5.74, 6) is 0.788. The van der Waals surface area contributed by atoms with Crippen molar-refractivity contribution < 1.29 is 4.39 Å². The van der Waals surface area contributed by atoms with E-state index in [0.29, 0.717) is 12.6 Å². The highest BCUT2D eigenvalue weighted by molar-refractivity contribution is 5.76. The van der Waals surface area contributed by atoms with Crippen molar-refractivity contribution in [3.63, 3.8) is 0 Å². The van der Waals surface area contributed by atoms with Crippen LogP contribution in [0.15, 0.2) is 48.5 Å². The van der Waals surface area contributed by atoms with Gasteiger partial charge in [0.1, 0.15) is 11.6 Å². The molecule has 4 rings (SSSR count). The van der Waals surface area contributed by atoms with Gasteiger partial charge in [0, 0.05) is 23.8 Å². The first-order valence-electron chi connectivity index (χ1n) is 10.4. The van der Waals surface area contributed by atoms with Crippen molar-refractivity contribution >= 4 is 11.0 Å². The summed E-state index contributed by atoms with van der Waals surface area (Å²) >= 11 is 0. The van der Waals surface area contributed by atoms with E-state index in [1.165, 1.54) is 12.1 Å². The van der Waals surface area contributed by atoms with Crippen LogP contribution in [-0.4, -0.2) is 19.3 Å². The molecule has 0 bridgehead atoms. The molecule has 30 heavy (non-hydrogen) atoms. The van der Waals surface area contributed by atoms with E-state index in [9.17, 15) is 4.39 Å². The lowest BCUT2D eigenvalue weighted by Gasteiger charge is -2.19. The number of para-hydroxylation sites is 2. The highest BCUT2D eigenvalue weighted by atomic mass is 19.1. The number of hydrogen-bond acceptors (Lipinski definition) is 3. The third-order valence-corrected chi connectivity index (χ3v) is 5.62. The number of fused-ring (bicyclic) bond motifs is 1. The molecule has 4 aromatic rings. The first-order chi connectivity index (χ1) is 14.4. The molecule has 0 saturated carbocycles. The predicted octanol–water partition coefficient (Wildman–Crippen LogP) is 5.41. The van der Waals surface area contributed by atoms with Gasteiger partial charge in [-0.2, -0.15) is 5.10 Å². The summed E-state index contributed by atoms with van der Waals surface area (Å²) in [7, 11) is 0. The maximum Gasteiger partial charge on any atom is 0.127 e. The van der Waals surface area contributed by atoms with E-state index in [1.807, 2.05) is 24.6 Å². The van der Waals surface area contributed by atoms with Crippen molar-refractivity contribution in [2.24, 2.45) is 0 Å². The summed E-state index contributed by atoms with van der Waals surface area (Å²) < 4.78 is 17.5. The van der Waals surface area contributed by atoms with Gasteiger partial charge in [0.2, 0.25) is 0 Å². The van der Waals surface area contributed by atoms with Gasteiger partial charge in [0.05, 0.1) is 28.5 Å². The zero-order valence-electron chi connectivity index (χ0n) is 18.1. The van der Waals surface area contributed by atoms with Crippen LogP contribution in [0.3, 0.4) is 0 Å². The van der Waals surface area contributed by atoms with Crippen LogP contribution in [0, 0.1) is 19.7 Å². The molecule has 6 heteroatoms. The molecule has 0 aliphatic carbocycles. The lowest BCUT2D eigenvalue weighted by Crippen LogP contribution is -2.23. The monoisotopic (exact) mass is 405 g/mol. The van der Waals surface area contributed by atoms with Gasteiger partial charge in [0.25, 0.3) is 0 Å². The summed E-state index contributed by atoms with van der Waals surface area (Å²) in [6.07, 6.45) is 0. The minimum Gasteiger partial charge on any atom is -0.324 e. The fraction of sp³-hybridized carbons (Fsp3) is 0.333. The molecule has 0 fully saturated rings. The van der Waals surface area contributed by atoms with Gasteiger partial charge in [-0.1, -0.05) is 12.1 Å². The zero-order valence-corrected chi connectivity index (χ0v) is 18.1. The SMILES string of the molecule is Cc1nn(-c2ccc(F)cc2)c(C)c1CN[C@H](C)c1nc2ccccc2n1C(C)C. The van der Waals surface area contributed by atoms with Crippen molar-refractivity contribution in [1.82, 2.24) is 24.6 Å². The zero-order chi connectivity index (χ0) is 21.4. The Balaban J connectivity index is 1.59. The second-order valence-corrected chi connectivity index (χ2v) is 8.06. The first-order valence-corrected chi connectivity index (χ1v) is 10.4. The summed E-state index contributed by atoms with van der Waals surface area (Å²) in [5, 5.41) is 8.31. The Morgan fingerprint density at radius 3 is 2.40 bits per heavy atom. The van der Waals surface area contributed by atoms with Gasteiger partial charge in [-0.05, 0) is 71.0 Å². The second-order valence-electron chi connectivity index (χ2n) is 8.06. The standard InChI is InChI=1S/C24H28FN5/c1-15(2)29-23-9-7-6-8-22(23)27-24(29)17(4)26-14-21-16(3)28-30(18(21)5)20-12-10-19(25)11-13-20/h6-13,15,17,26H,14H2,1-5H3/t17-/m1/s1. The molecule has 0 saturated heterocycles. The predicted molar refractivity (Wildman–Crippen MR) is 118 cm³/mol. The molecule has 0 spiro atoms. The highest BCUT2D eigenvalue weighted by Gasteiger charge is 2.19. The number of nitrogens with zero attached hydrogens (tertiary/aromatic N) is 4. The maximum atomic E-state index is 13.3. The summed E-state index contributed by atoms with van der Waals surface area (Å²) in [4.78, 5) is 4.90. The summed E-state index contributed by atoms with van der Waals surface area (Å²) in [6.45, 7) is 11.3.